The fourth-order valence-electron chi connectivity index (χ4n) is 2.27. The zero-order valence-electron chi connectivity index (χ0n) is 12.5. The summed E-state index contributed by atoms with van der Waals surface area (Å²) in [5, 5.41) is 4.31. The Morgan fingerprint density at radius 2 is 2.00 bits per heavy atom. The average molecular weight is 261 g/mol. The quantitative estimate of drug-likeness (QED) is 0.913. The molecule has 0 aliphatic rings. The Kier molecular flexibility index (Phi) is 3.97. The molecule has 0 unspecified atom stereocenters. The summed E-state index contributed by atoms with van der Waals surface area (Å²) in [5.41, 5.74) is 3.54. The van der Waals surface area contributed by atoms with Crippen molar-refractivity contribution in [3.63, 3.8) is 0 Å². The number of hydrogen-bond acceptors (Lipinski definition) is 3. The number of ether oxygens (including phenoxy) is 1. The molecule has 3 nitrogen and oxygen atoms in total. The molecule has 0 spiro atoms. The molecule has 0 aliphatic carbocycles. The van der Waals surface area contributed by atoms with Crippen LogP contribution in [0.5, 0.6) is 0 Å². The first-order valence-electron chi connectivity index (χ1n) is 6.65. The van der Waals surface area contributed by atoms with Crippen molar-refractivity contribution in [3.05, 3.63) is 35.1 Å². The highest BCUT2D eigenvalue weighted by Crippen LogP contribution is 2.31. The van der Waals surface area contributed by atoms with E-state index in [2.05, 4.69) is 44.3 Å². The van der Waals surface area contributed by atoms with Crippen LogP contribution in [0.3, 0.4) is 0 Å². The van der Waals surface area contributed by atoms with E-state index >= 15 is 0 Å². The van der Waals surface area contributed by atoms with Crippen molar-refractivity contribution in [3.8, 4) is 0 Å². The van der Waals surface area contributed by atoms with Gasteiger partial charge in [-0.05, 0) is 30.2 Å². The van der Waals surface area contributed by atoms with Gasteiger partial charge < -0.3 is 14.5 Å². The molecule has 3 heteroatoms. The van der Waals surface area contributed by atoms with Crippen LogP contribution in [0, 0.1) is 0 Å². The fourth-order valence-corrected chi connectivity index (χ4v) is 2.27. The zero-order valence-corrected chi connectivity index (χ0v) is 12.5. The van der Waals surface area contributed by atoms with Crippen LogP contribution in [0.25, 0.3) is 11.0 Å². The SMILES string of the molecule is CNCc1oc2ccc(C(C)(C)C)cc2c1COC. The summed E-state index contributed by atoms with van der Waals surface area (Å²) in [6.07, 6.45) is 0. The Morgan fingerprint density at radius 3 is 2.58 bits per heavy atom. The van der Waals surface area contributed by atoms with E-state index in [-0.39, 0.29) is 5.41 Å². The molecule has 0 aliphatic heterocycles. The maximum absolute atomic E-state index is 5.92. The van der Waals surface area contributed by atoms with Gasteiger partial charge >= 0.3 is 0 Å². The standard InChI is InChI=1S/C16H23NO2/c1-16(2,3)11-6-7-14-12(8-11)13(10-18-5)15(19-14)9-17-4/h6-8,17H,9-10H2,1-5H3. The van der Waals surface area contributed by atoms with Gasteiger partial charge in [0.1, 0.15) is 11.3 Å². The maximum atomic E-state index is 5.92. The monoisotopic (exact) mass is 261 g/mol. The second-order valence-corrected chi connectivity index (χ2v) is 5.93. The minimum atomic E-state index is 0.138. The number of furan rings is 1. The van der Waals surface area contributed by atoms with Gasteiger partial charge in [-0.15, -0.1) is 0 Å². The third-order valence-corrected chi connectivity index (χ3v) is 3.37. The minimum absolute atomic E-state index is 0.138. The Bertz CT molecular complexity index is 564. The molecule has 104 valence electrons. The van der Waals surface area contributed by atoms with Crippen LogP contribution in [0.2, 0.25) is 0 Å². The zero-order chi connectivity index (χ0) is 14.0. The summed E-state index contributed by atoms with van der Waals surface area (Å²) in [7, 11) is 3.64. The lowest BCUT2D eigenvalue weighted by Crippen LogP contribution is -2.10. The van der Waals surface area contributed by atoms with E-state index in [0.29, 0.717) is 6.61 Å². The number of methoxy groups -OCH3 is 1. The summed E-state index contributed by atoms with van der Waals surface area (Å²) in [6.45, 7) is 7.96. The molecule has 1 heterocycles. The van der Waals surface area contributed by atoms with Crippen LogP contribution in [-0.4, -0.2) is 14.2 Å². The summed E-state index contributed by atoms with van der Waals surface area (Å²) >= 11 is 0. The summed E-state index contributed by atoms with van der Waals surface area (Å²) < 4.78 is 11.2. The normalized spacial score (nSPS) is 12.3. The van der Waals surface area contributed by atoms with Crippen LogP contribution in [0.1, 0.15) is 37.7 Å². The van der Waals surface area contributed by atoms with Gasteiger partial charge in [0.2, 0.25) is 0 Å². The predicted molar refractivity (Wildman–Crippen MR) is 78.4 cm³/mol. The molecular formula is C16H23NO2. The van der Waals surface area contributed by atoms with Crippen LogP contribution in [-0.2, 0) is 23.3 Å². The molecule has 0 radical (unpaired) electrons. The van der Waals surface area contributed by atoms with Crippen molar-refractivity contribution in [1.82, 2.24) is 5.32 Å². The maximum Gasteiger partial charge on any atom is 0.134 e. The van der Waals surface area contributed by atoms with E-state index in [9.17, 15) is 0 Å². The molecule has 1 aromatic heterocycles. The second kappa shape index (κ2) is 5.35. The molecule has 0 fully saturated rings. The van der Waals surface area contributed by atoms with E-state index < -0.39 is 0 Å². The van der Waals surface area contributed by atoms with Gasteiger partial charge in [-0.25, -0.2) is 0 Å². The first-order chi connectivity index (χ1) is 8.97. The smallest absolute Gasteiger partial charge is 0.134 e. The van der Waals surface area contributed by atoms with Crippen molar-refractivity contribution in [1.29, 1.82) is 0 Å². The molecule has 1 N–H and O–H groups in total. The molecule has 2 rings (SSSR count). The lowest BCUT2D eigenvalue weighted by atomic mass is 9.86. The molecule has 2 aromatic rings. The second-order valence-electron chi connectivity index (χ2n) is 5.93. The third-order valence-electron chi connectivity index (χ3n) is 3.37. The highest BCUT2D eigenvalue weighted by atomic mass is 16.5. The molecular weight excluding hydrogens is 238 g/mol. The van der Waals surface area contributed by atoms with Crippen LogP contribution >= 0.6 is 0 Å². The highest BCUT2D eigenvalue weighted by molar-refractivity contribution is 5.83. The molecule has 0 saturated heterocycles. The molecule has 19 heavy (non-hydrogen) atoms. The number of benzene rings is 1. The lowest BCUT2D eigenvalue weighted by Gasteiger charge is -2.18. The fraction of sp³-hybridized carbons (Fsp3) is 0.500. The van der Waals surface area contributed by atoms with Crippen molar-refractivity contribution in [2.75, 3.05) is 14.2 Å². The van der Waals surface area contributed by atoms with Gasteiger partial charge in [-0.3, -0.25) is 0 Å². The van der Waals surface area contributed by atoms with E-state index in [1.165, 1.54) is 10.9 Å². The first kappa shape index (κ1) is 14.1. The van der Waals surface area contributed by atoms with Crippen molar-refractivity contribution in [2.45, 2.75) is 39.3 Å². The van der Waals surface area contributed by atoms with Crippen molar-refractivity contribution in [2.24, 2.45) is 0 Å². The minimum Gasteiger partial charge on any atom is -0.459 e. The van der Waals surface area contributed by atoms with E-state index in [4.69, 9.17) is 9.15 Å². The Morgan fingerprint density at radius 1 is 1.26 bits per heavy atom. The van der Waals surface area contributed by atoms with Gasteiger partial charge in [0.05, 0.1) is 13.2 Å². The Hall–Kier alpha value is -1.32. The van der Waals surface area contributed by atoms with Gasteiger partial charge in [-0.2, -0.15) is 0 Å². The van der Waals surface area contributed by atoms with Crippen molar-refractivity contribution < 1.29 is 9.15 Å². The van der Waals surface area contributed by atoms with Crippen LogP contribution in [0.15, 0.2) is 22.6 Å². The topological polar surface area (TPSA) is 34.4 Å². The molecule has 0 amide bonds. The van der Waals surface area contributed by atoms with Gasteiger partial charge in [-0.1, -0.05) is 26.8 Å². The predicted octanol–water partition coefficient (Wildman–Crippen LogP) is 3.60. The number of hydrogen-bond donors (Lipinski definition) is 1. The highest BCUT2D eigenvalue weighted by Gasteiger charge is 2.18. The van der Waals surface area contributed by atoms with E-state index in [1.807, 2.05) is 7.05 Å². The largest absolute Gasteiger partial charge is 0.459 e. The van der Waals surface area contributed by atoms with Crippen molar-refractivity contribution >= 4 is 11.0 Å². The lowest BCUT2D eigenvalue weighted by molar-refractivity contribution is 0.183. The molecule has 0 saturated carbocycles. The van der Waals surface area contributed by atoms with Gasteiger partial charge in [0.25, 0.3) is 0 Å². The van der Waals surface area contributed by atoms with Crippen LogP contribution < -0.4 is 5.32 Å². The van der Waals surface area contributed by atoms with Gasteiger partial charge in [0.15, 0.2) is 0 Å². The Labute approximate surface area is 114 Å². The van der Waals surface area contributed by atoms with Crippen LogP contribution in [0.4, 0.5) is 0 Å². The average Bonchev–Trinajstić information content (AvgIpc) is 2.67. The summed E-state index contributed by atoms with van der Waals surface area (Å²) in [6, 6.07) is 6.44. The number of nitrogens with one attached hydrogen (secondary N) is 1. The molecule has 0 atom stereocenters. The third kappa shape index (κ3) is 2.82. The summed E-state index contributed by atoms with van der Waals surface area (Å²) in [5.74, 6) is 0.963. The molecule has 0 bridgehead atoms. The molecule has 1 aromatic carbocycles. The number of fused-ring (bicyclic) bond motifs is 1. The Balaban J connectivity index is 2.58. The first-order valence-corrected chi connectivity index (χ1v) is 6.65. The van der Waals surface area contributed by atoms with Gasteiger partial charge in [0, 0.05) is 18.1 Å². The van der Waals surface area contributed by atoms with E-state index in [1.54, 1.807) is 7.11 Å². The number of rotatable bonds is 4. The summed E-state index contributed by atoms with van der Waals surface area (Å²) in [4.78, 5) is 0. The van der Waals surface area contributed by atoms with E-state index in [0.717, 1.165) is 23.5 Å².